The number of carbonyl (C=O) groups is 1. The van der Waals surface area contributed by atoms with Crippen molar-refractivity contribution in [2.24, 2.45) is 0 Å². The Morgan fingerprint density at radius 2 is 2.00 bits per heavy atom. The molecule has 0 spiro atoms. The number of nitrogens with zero attached hydrogens (tertiary/aromatic N) is 2. The summed E-state index contributed by atoms with van der Waals surface area (Å²) < 4.78 is 2.90. The van der Waals surface area contributed by atoms with Crippen molar-refractivity contribution in [2.45, 2.75) is 47.1 Å². The minimum atomic E-state index is 0.147. The van der Waals surface area contributed by atoms with E-state index >= 15 is 0 Å². The molecule has 4 heteroatoms. The third-order valence-corrected chi connectivity index (χ3v) is 4.84. The number of ketones is 1. The molecule has 1 aromatic carbocycles. The molecule has 1 aromatic heterocycles. The first-order chi connectivity index (χ1) is 9.99. The van der Waals surface area contributed by atoms with Gasteiger partial charge < -0.3 is 0 Å². The minimum absolute atomic E-state index is 0.147. The summed E-state index contributed by atoms with van der Waals surface area (Å²) in [5.74, 6) is 0.147. The quantitative estimate of drug-likeness (QED) is 0.756. The van der Waals surface area contributed by atoms with Crippen LogP contribution in [0, 0.1) is 13.8 Å². The van der Waals surface area contributed by atoms with Gasteiger partial charge in [0, 0.05) is 12.1 Å². The smallest absolute Gasteiger partial charge is 0.169 e. The highest BCUT2D eigenvalue weighted by atomic mass is 79.9. The van der Waals surface area contributed by atoms with Crippen molar-refractivity contribution in [1.82, 2.24) is 9.78 Å². The number of aromatic nitrogens is 2. The van der Waals surface area contributed by atoms with Gasteiger partial charge in [-0.2, -0.15) is 5.10 Å². The largest absolute Gasteiger partial charge is 0.294 e. The molecule has 0 atom stereocenters. The van der Waals surface area contributed by atoms with Gasteiger partial charge in [-0.05, 0) is 54.2 Å². The zero-order valence-electron chi connectivity index (χ0n) is 13.0. The Morgan fingerprint density at radius 3 is 2.62 bits per heavy atom. The molecule has 0 bridgehead atoms. The van der Waals surface area contributed by atoms with Gasteiger partial charge in [-0.25, -0.2) is 0 Å². The average Bonchev–Trinajstić information content (AvgIpc) is 2.78. The van der Waals surface area contributed by atoms with Crippen molar-refractivity contribution < 1.29 is 4.79 Å². The lowest BCUT2D eigenvalue weighted by atomic mass is 9.98. The van der Waals surface area contributed by atoms with Gasteiger partial charge in [0.1, 0.15) is 0 Å². The number of halogens is 1. The predicted octanol–water partition coefficient (Wildman–Crippen LogP) is 4.27. The fourth-order valence-corrected chi connectivity index (χ4v) is 3.19. The van der Waals surface area contributed by atoms with E-state index in [1.54, 1.807) is 0 Å². The molecule has 0 aliphatic rings. The summed E-state index contributed by atoms with van der Waals surface area (Å²) in [4.78, 5) is 12.6. The van der Waals surface area contributed by atoms with Crippen molar-refractivity contribution in [2.75, 3.05) is 0 Å². The lowest BCUT2D eigenvalue weighted by Gasteiger charge is -2.09. The van der Waals surface area contributed by atoms with Crippen molar-refractivity contribution in [3.05, 3.63) is 50.8 Å². The predicted molar refractivity (Wildman–Crippen MR) is 88.9 cm³/mol. The van der Waals surface area contributed by atoms with E-state index in [1.807, 2.05) is 43.7 Å². The number of hydrogen-bond donors (Lipinski definition) is 0. The van der Waals surface area contributed by atoms with Gasteiger partial charge in [-0.1, -0.05) is 25.1 Å². The van der Waals surface area contributed by atoms with Crippen LogP contribution in [0.15, 0.2) is 22.7 Å². The van der Waals surface area contributed by atoms with Gasteiger partial charge >= 0.3 is 0 Å². The van der Waals surface area contributed by atoms with E-state index in [2.05, 4.69) is 28.0 Å². The number of Topliss-reactive ketones (excluding diaryl/α,β-unsaturated/α-hetero) is 1. The van der Waals surface area contributed by atoms with Crippen LogP contribution in [0.5, 0.6) is 0 Å². The normalized spacial score (nSPS) is 10.9. The number of carbonyl (C=O) groups excluding carboxylic acids is 1. The molecular formula is C17H21BrN2O. The van der Waals surface area contributed by atoms with Crippen molar-refractivity contribution in [3.8, 4) is 0 Å². The SMILES string of the molecule is CCc1nn(CC)c(CC(=O)c2cccc(C)c2C)c1Br. The molecule has 0 aliphatic carbocycles. The fourth-order valence-electron chi connectivity index (χ4n) is 2.49. The lowest BCUT2D eigenvalue weighted by molar-refractivity contribution is 0.0989. The number of aryl methyl sites for hydroxylation is 3. The van der Waals surface area contributed by atoms with Crippen LogP contribution < -0.4 is 0 Å². The summed E-state index contributed by atoms with van der Waals surface area (Å²) in [6.45, 7) is 8.93. The fraction of sp³-hybridized carbons (Fsp3) is 0.412. The van der Waals surface area contributed by atoms with Gasteiger partial charge in [0.15, 0.2) is 5.78 Å². The van der Waals surface area contributed by atoms with Crippen molar-refractivity contribution in [1.29, 1.82) is 0 Å². The second-order valence-corrected chi connectivity index (χ2v) is 6.02. The molecule has 0 radical (unpaired) electrons. The highest BCUT2D eigenvalue weighted by Crippen LogP contribution is 2.24. The molecule has 0 unspecified atom stereocenters. The van der Waals surface area contributed by atoms with Crippen LogP contribution in [0.4, 0.5) is 0 Å². The molecule has 0 saturated heterocycles. The summed E-state index contributed by atoms with van der Waals surface area (Å²) in [7, 11) is 0. The van der Waals surface area contributed by atoms with Gasteiger partial charge in [0.05, 0.1) is 22.3 Å². The number of rotatable bonds is 5. The first-order valence-electron chi connectivity index (χ1n) is 7.33. The summed E-state index contributed by atoms with van der Waals surface area (Å²) in [5.41, 5.74) is 5.01. The summed E-state index contributed by atoms with van der Waals surface area (Å²) in [6, 6.07) is 5.89. The second-order valence-electron chi connectivity index (χ2n) is 5.22. The summed E-state index contributed by atoms with van der Waals surface area (Å²) in [6.07, 6.45) is 1.24. The van der Waals surface area contributed by atoms with Gasteiger partial charge in [0.25, 0.3) is 0 Å². The Morgan fingerprint density at radius 1 is 1.29 bits per heavy atom. The Hall–Kier alpha value is -1.42. The van der Waals surface area contributed by atoms with Crippen LogP contribution in [0.2, 0.25) is 0 Å². The Labute approximate surface area is 134 Å². The summed E-state index contributed by atoms with van der Waals surface area (Å²) in [5, 5.41) is 4.55. The molecule has 2 rings (SSSR count). The maximum absolute atomic E-state index is 12.6. The Balaban J connectivity index is 2.36. The standard InChI is InChI=1S/C17H21BrN2O/c1-5-14-17(18)15(20(6-2)19-14)10-16(21)13-9-7-8-11(3)12(13)4/h7-9H,5-6,10H2,1-4H3. The Bertz CT molecular complexity index is 674. The first-order valence-corrected chi connectivity index (χ1v) is 8.12. The molecule has 1 heterocycles. The third kappa shape index (κ3) is 3.10. The van der Waals surface area contributed by atoms with Crippen LogP contribution in [0.3, 0.4) is 0 Å². The van der Waals surface area contributed by atoms with E-state index in [9.17, 15) is 4.79 Å². The van der Waals surface area contributed by atoms with E-state index in [1.165, 1.54) is 0 Å². The molecule has 2 aromatic rings. The van der Waals surface area contributed by atoms with E-state index in [0.29, 0.717) is 6.42 Å². The van der Waals surface area contributed by atoms with Crippen LogP contribution in [0.25, 0.3) is 0 Å². The maximum Gasteiger partial charge on any atom is 0.169 e. The highest BCUT2D eigenvalue weighted by molar-refractivity contribution is 9.10. The van der Waals surface area contributed by atoms with E-state index in [4.69, 9.17) is 0 Å². The number of benzene rings is 1. The Kier molecular flexibility index (Phi) is 4.99. The van der Waals surface area contributed by atoms with Crippen molar-refractivity contribution in [3.63, 3.8) is 0 Å². The minimum Gasteiger partial charge on any atom is -0.294 e. The third-order valence-electron chi connectivity index (χ3n) is 3.93. The molecule has 0 saturated carbocycles. The molecule has 0 amide bonds. The summed E-state index contributed by atoms with van der Waals surface area (Å²) >= 11 is 3.60. The molecule has 21 heavy (non-hydrogen) atoms. The zero-order chi connectivity index (χ0) is 15.6. The molecule has 0 fully saturated rings. The zero-order valence-corrected chi connectivity index (χ0v) is 14.6. The van der Waals surface area contributed by atoms with E-state index in [0.717, 1.165) is 45.5 Å². The monoisotopic (exact) mass is 348 g/mol. The molecule has 0 aliphatic heterocycles. The van der Waals surface area contributed by atoms with Gasteiger partial charge in [-0.15, -0.1) is 0 Å². The van der Waals surface area contributed by atoms with Crippen LogP contribution in [-0.4, -0.2) is 15.6 Å². The molecule has 0 N–H and O–H groups in total. The average molecular weight is 349 g/mol. The molecular weight excluding hydrogens is 328 g/mol. The maximum atomic E-state index is 12.6. The highest BCUT2D eigenvalue weighted by Gasteiger charge is 2.19. The van der Waals surface area contributed by atoms with Gasteiger partial charge in [0.2, 0.25) is 0 Å². The number of hydrogen-bond acceptors (Lipinski definition) is 2. The van der Waals surface area contributed by atoms with Gasteiger partial charge in [-0.3, -0.25) is 9.48 Å². The topological polar surface area (TPSA) is 34.9 Å². The second kappa shape index (κ2) is 6.56. The van der Waals surface area contributed by atoms with Crippen LogP contribution in [-0.2, 0) is 19.4 Å². The van der Waals surface area contributed by atoms with Crippen molar-refractivity contribution >= 4 is 21.7 Å². The molecule has 112 valence electrons. The first kappa shape index (κ1) is 16.0. The molecule has 3 nitrogen and oxygen atoms in total. The lowest BCUT2D eigenvalue weighted by Crippen LogP contribution is -2.11. The van der Waals surface area contributed by atoms with Crippen LogP contribution in [0.1, 0.15) is 46.7 Å². The van der Waals surface area contributed by atoms with E-state index < -0.39 is 0 Å². The van der Waals surface area contributed by atoms with Crippen LogP contribution >= 0.6 is 15.9 Å². The van der Waals surface area contributed by atoms with E-state index in [-0.39, 0.29) is 5.78 Å².